The molecule has 5 nitrogen and oxygen atoms in total. The van der Waals surface area contributed by atoms with Crippen molar-refractivity contribution < 1.29 is 19.4 Å². The normalized spacial score (nSPS) is 24.0. The number of carbonyl (C=O) groups is 2. The summed E-state index contributed by atoms with van der Waals surface area (Å²) in [4.78, 5) is 24.8. The number of hydrogen-bond acceptors (Lipinski definition) is 3. The van der Waals surface area contributed by atoms with Crippen LogP contribution < -0.4 is 0 Å². The Labute approximate surface area is 108 Å². The van der Waals surface area contributed by atoms with Gasteiger partial charge in [0.2, 0.25) is 5.91 Å². The fraction of sp³-hybridized carbons (Fsp3) is 0.846. The van der Waals surface area contributed by atoms with Gasteiger partial charge in [0.05, 0.1) is 5.41 Å². The first-order chi connectivity index (χ1) is 8.49. The third kappa shape index (κ3) is 3.98. The van der Waals surface area contributed by atoms with Crippen molar-refractivity contribution in [2.75, 3.05) is 26.3 Å². The SMILES string of the molecule is CCOCCCC(=O)N1CCCC(C)(C(=O)O)C1. The first-order valence-electron chi connectivity index (χ1n) is 6.58. The molecule has 1 heterocycles. The van der Waals surface area contributed by atoms with Gasteiger partial charge in [-0.25, -0.2) is 0 Å². The fourth-order valence-corrected chi connectivity index (χ4v) is 2.25. The maximum absolute atomic E-state index is 11.9. The van der Waals surface area contributed by atoms with Crippen LogP contribution >= 0.6 is 0 Å². The molecule has 0 saturated carbocycles. The highest BCUT2D eigenvalue weighted by atomic mass is 16.5. The van der Waals surface area contributed by atoms with E-state index in [0.29, 0.717) is 45.6 Å². The smallest absolute Gasteiger partial charge is 0.311 e. The number of hydrogen-bond donors (Lipinski definition) is 1. The van der Waals surface area contributed by atoms with E-state index in [4.69, 9.17) is 4.74 Å². The van der Waals surface area contributed by atoms with E-state index in [9.17, 15) is 14.7 Å². The molecular formula is C13H23NO4. The lowest BCUT2D eigenvalue weighted by Gasteiger charge is -2.37. The molecule has 1 fully saturated rings. The third-order valence-corrected chi connectivity index (χ3v) is 3.45. The lowest BCUT2D eigenvalue weighted by molar-refractivity contribution is -0.153. The van der Waals surface area contributed by atoms with Gasteiger partial charge in [0.15, 0.2) is 0 Å². The zero-order chi connectivity index (χ0) is 13.6. The number of amides is 1. The number of carboxylic acid groups (broad SMARTS) is 1. The van der Waals surface area contributed by atoms with Crippen molar-refractivity contribution in [1.29, 1.82) is 0 Å². The molecule has 5 heteroatoms. The highest BCUT2D eigenvalue weighted by Gasteiger charge is 2.39. The quantitative estimate of drug-likeness (QED) is 0.732. The summed E-state index contributed by atoms with van der Waals surface area (Å²) in [6, 6.07) is 0. The molecule has 0 aromatic carbocycles. The summed E-state index contributed by atoms with van der Waals surface area (Å²) in [5.41, 5.74) is -0.784. The summed E-state index contributed by atoms with van der Waals surface area (Å²) < 4.78 is 5.19. The minimum absolute atomic E-state index is 0.0434. The summed E-state index contributed by atoms with van der Waals surface area (Å²) in [6.45, 7) is 5.90. The van der Waals surface area contributed by atoms with Crippen molar-refractivity contribution in [2.45, 2.75) is 39.5 Å². The molecule has 1 atom stereocenters. The highest BCUT2D eigenvalue weighted by Crippen LogP contribution is 2.29. The molecule has 0 bridgehead atoms. The first kappa shape index (κ1) is 15.0. The summed E-state index contributed by atoms with van der Waals surface area (Å²) in [5, 5.41) is 9.19. The van der Waals surface area contributed by atoms with Gasteiger partial charge in [0.1, 0.15) is 0 Å². The van der Waals surface area contributed by atoms with Gasteiger partial charge in [-0.15, -0.1) is 0 Å². The molecule has 104 valence electrons. The molecular weight excluding hydrogens is 234 g/mol. The minimum Gasteiger partial charge on any atom is -0.481 e. The molecule has 1 amide bonds. The molecule has 1 saturated heterocycles. The van der Waals surface area contributed by atoms with Crippen LogP contribution in [-0.2, 0) is 14.3 Å². The average molecular weight is 257 g/mol. The molecule has 1 unspecified atom stereocenters. The summed E-state index contributed by atoms with van der Waals surface area (Å²) in [5.74, 6) is -0.767. The van der Waals surface area contributed by atoms with Gasteiger partial charge in [-0.3, -0.25) is 9.59 Å². The van der Waals surface area contributed by atoms with E-state index in [1.54, 1.807) is 11.8 Å². The number of carbonyl (C=O) groups excluding carboxylic acids is 1. The van der Waals surface area contributed by atoms with Gasteiger partial charge < -0.3 is 14.7 Å². The Morgan fingerprint density at radius 3 is 2.78 bits per heavy atom. The maximum Gasteiger partial charge on any atom is 0.311 e. The predicted molar refractivity (Wildman–Crippen MR) is 67.3 cm³/mol. The second kappa shape index (κ2) is 6.73. The van der Waals surface area contributed by atoms with Gasteiger partial charge in [0.25, 0.3) is 0 Å². The monoisotopic (exact) mass is 257 g/mol. The van der Waals surface area contributed by atoms with Crippen LogP contribution in [-0.4, -0.2) is 48.2 Å². The topological polar surface area (TPSA) is 66.8 Å². The predicted octanol–water partition coefficient (Wildman–Crippen LogP) is 1.52. The Kier molecular flexibility index (Phi) is 5.59. The maximum atomic E-state index is 11.9. The molecule has 18 heavy (non-hydrogen) atoms. The van der Waals surface area contributed by atoms with Crippen molar-refractivity contribution in [3.05, 3.63) is 0 Å². The Morgan fingerprint density at radius 2 is 2.17 bits per heavy atom. The number of likely N-dealkylation sites (tertiary alicyclic amines) is 1. The largest absolute Gasteiger partial charge is 0.481 e. The number of ether oxygens (including phenoxy) is 1. The molecule has 1 aliphatic heterocycles. The van der Waals surface area contributed by atoms with E-state index in [1.165, 1.54) is 0 Å². The van der Waals surface area contributed by atoms with Gasteiger partial charge in [-0.2, -0.15) is 0 Å². The third-order valence-electron chi connectivity index (χ3n) is 3.45. The van der Waals surface area contributed by atoms with Crippen LogP contribution in [0.25, 0.3) is 0 Å². The number of nitrogens with zero attached hydrogens (tertiary/aromatic N) is 1. The Morgan fingerprint density at radius 1 is 1.44 bits per heavy atom. The molecule has 1 aliphatic rings. The molecule has 0 aromatic rings. The molecule has 0 radical (unpaired) electrons. The molecule has 0 aliphatic carbocycles. The molecule has 1 rings (SSSR count). The Hall–Kier alpha value is -1.10. The van der Waals surface area contributed by atoms with Gasteiger partial charge in [-0.1, -0.05) is 0 Å². The molecule has 1 N–H and O–H groups in total. The van der Waals surface area contributed by atoms with Crippen molar-refractivity contribution in [1.82, 2.24) is 4.90 Å². The average Bonchev–Trinajstić information content (AvgIpc) is 2.34. The highest BCUT2D eigenvalue weighted by molar-refractivity contribution is 5.79. The number of rotatable bonds is 6. The van der Waals surface area contributed by atoms with Gasteiger partial charge in [0, 0.05) is 32.7 Å². The number of piperidine rings is 1. The van der Waals surface area contributed by atoms with E-state index in [0.717, 1.165) is 6.42 Å². The second-order valence-electron chi connectivity index (χ2n) is 5.09. The van der Waals surface area contributed by atoms with E-state index >= 15 is 0 Å². The number of carboxylic acids is 1. The van der Waals surface area contributed by atoms with Crippen LogP contribution in [0.5, 0.6) is 0 Å². The van der Waals surface area contributed by atoms with Crippen molar-refractivity contribution >= 4 is 11.9 Å². The van der Waals surface area contributed by atoms with E-state index in [-0.39, 0.29) is 5.91 Å². The Bertz CT molecular complexity index is 305. The van der Waals surface area contributed by atoms with Crippen LogP contribution in [0.3, 0.4) is 0 Å². The summed E-state index contributed by atoms with van der Waals surface area (Å²) in [6.07, 6.45) is 2.55. The van der Waals surface area contributed by atoms with Gasteiger partial charge >= 0.3 is 5.97 Å². The standard InChI is InChI=1S/C13H23NO4/c1-3-18-9-4-6-11(15)14-8-5-7-13(2,10-14)12(16)17/h3-10H2,1-2H3,(H,16,17). The van der Waals surface area contributed by atoms with Crippen molar-refractivity contribution in [3.8, 4) is 0 Å². The number of aliphatic carboxylic acids is 1. The summed E-state index contributed by atoms with van der Waals surface area (Å²) in [7, 11) is 0. The lowest BCUT2D eigenvalue weighted by Crippen LogP contribution is -2.48. The van der Waals surface area contributed by atoms with Crippen LogP contribution in [0, 0.1) is 5.41 Å². The van der Waals surface area contributed by atoms with Crippen molar-refractivity contribution in [2.24, 2.45) is 5.41 Å². The zero-order valence-electron chi connectivity index (χ0n) is 11.3. The lowest BCUT2D eigenvalue weighted by atomic mass is 9.82. The summed E-state index contributed by atoms with van der Waals surface area (Å²) >= 11 is 0. The Balaban J connectivity index is 2.41. The van der Waals surface area contributed by atoms with Crippen LogP contribution in [0.15, 0.2) is 0 Å². The fourth-order valence-electron chi connectivity index (χ4n) is 2.25. The van der Waals surface area contributed by atoms with Crippen molar-refractivity contribution in [3.63, 3.8) is 0 Å². The second-order valence-corrected chi connectivity index (χ2v) is 5.09. The van der Waals surface area contributed by atoms with Crippen LogP contribution in [0.1, 0.15) is 39.5 Å². The van der Waals surface area contributed by atoms with E-state index in [1.807, 2.05) is 6.92 Å². The zero-order valence-corrected chi connectivity index (χ0v) is 11.3. The molecule has 0 aromatic heterocycles. The van der Waals surface area contributed by atoms with Crippen LogP contribution in [0.4, 0.5) is 0 Å². The minimum atomic E-state index is -0.811. The van der Waals surface area contributed by atoms with Gasteiger partial charge in [-0.05, 0) is 33.1 Å². The first-order valence-corrected chi connectivity index (χ1v) is 6.58. The van der Waals surface area contributed by atoms with Crippen LogP contribution in [0.2, 0.25) is 0 Å². The molecule has 0 spiro atoms. The van der Waals surface area contributed by atoms with E-state index in [2.05, 4.69) is 0 Å². The van der Waals surface area contributed by atoms with E-state index < -0.39 is 11.4 Å².